The Hall–Kier alpha value is -1.43. The van der Waals surface area contributed by atoms with E-state index in [0.29, 0.717) is 6.42 Å². The normalized spacial score (nSPS) is 13.7. The number of allylic oxidation sites excluding steroid dienone is 5. The molecule has 56 heavy (non-hydrogen) atoms. The first-order valence-electron chi connectivity index (χ1n) is 24.8. The van der Waals surface area contributed by atoms with Crippen molar-refractivity contribution < 1.29 is 20.1 Å². The Morgan fingerprint density at radius 2 is 0.786 bits per heavy atom. The maximum absolute atomic E-state index is 12.4. The Morgan fingerprint density at radius 1 is 0.464 bits per heavy atom. The molecule has 330 valence electrons. The molecular weight excluding hydrogens is 691 g/mol. The van der Waals surface area contributed by atoms with Crippen molar-refractivity contribution in [3.8, 4) is 0 Å². The molecule has 0 aromatic heterocycles. The molecule has 0 aromatic rings. The van der Waals surface area contributed by atoms with Gasteiger partial charge in [0.25, 0.3) is 0 Å². The van der Waals surface area contributed by atoms with Crippen LogP contribution >= 0.6 is 0 Å². The molecule has 1 amide bonds. The Labute approximate surface area is 349 Å². The van der Waals surface area contributed by atoms with E-state index in [1.165, 1.54) is 186 Å². The van der Waals surface area contributed by atoms with Gasteiger partial charge in [0.05, 0.1) is 31.3 Å². The molecule has 0 bridgehead atoms. The zero-order valence-electron chi connectivity index (χ0n) is 37.5. The summed E-state index contributed by atoms with van der Waals surface area (Å²) in [6.45, 7) is 4.09. The van der Waals surface area contributed by atoms with Crippen molar-refractivity contribution >= 4 is 5.91 Å². The van der Waals surface area contributed by atoms with E-state index in [1.807, 2.05) is 6.08 Å². The summed E-state index contributed by atoms with van der Waals surface area (Å²) in [6, 6.07) is -0.764. The fourth-order valence-corrected chi connectivity index (χ4v) is 7.68. The van der Waals surface area contributed by atoms with Crippen LogP contribution in [0, 0.1) is 0 Å². The highest BCUT2D eigenvalue weighted by Gasteiger charge is 2.20. The molecule has 0 fully saturated rings. The minimum absolute atomic E-state index is 0.00472. The standard InChI is InChI=1S/C51H97NO4/c1-3-5-7-9-11-13-15-16-17-18-19-20-21-22-23-24-25-26-27-28-29-30-31-32-33-34-35-36-38-40-42-44-48(54)46-51(56)52-49(47-53)50(55)45-43-41-39-37-14-12-10-8-6-4-2/h6,8,14,37,43,45,48-50,53-55H,3-5,7,9-13,15-36,38-42,44,46-47H2,1-2H3,(H,52,56)/b8-6+,37-14+,45-43+. The quantitative estimate of drug-likeness (QED) is 0.0365. The number of carbonyl (C=O) groups excluding carboxylic acids is 1. The lowest BCUT2D eigenvalue weighted by molar-refractivity contribution is -0.124. The number of aliphatic hydroxyl groups excluding tert-OH is 3. The van der Waals surface area contributed by atoms with E-state index >= 15 is 0 Å². The van der Waals surface area contributed by atoms with Crippen LogP contribution in [-0.4, -0.2) is 46.1 Å². The molecule has 3 atom stereocenters. The number of nitrogens with one attached hydrogen (secondary N) is 1. The van der Waals surface area contributed by atoms with Crippen LogP contribution in [0.3, 0.4) is 0 Å². The van der Waals surface area contributed by atoms with Crippen LogP contribution in [0.2, 0.25) is 0 Å². The largest absolute Gasteiger partial charge is 0.394 e. The van der Waals surface area contributed by atoms with Gasteiger partial charge in [-0.15, -0.1) is 0 Å². The monoisotopic (exact) mass is 788 g/mol. The Balaban J connectivity index is 3.47. The van der Waals surface area contributed by atoms with Crippen molar-refractivity contribution in [2.45, 2.75) is 276 Å². The smallest absolute Gasteiger partial charge is 0.222 e. The van der Waals surface area contributed by atoms with Gasteiger partial charge < -0.3 is 20.6 Å². The van der Waals surface area contributed by atoms with Crippen LogP contribution in [0.5, 0.6) is 0 Å². The van der Waals surface area contributed by atoms with E-state index in [2.05, 4.69) is 43.5 Å². The zero-order valence-corrected chi connectivity index (χ0v) is 37.5. The maximum atomic E-state index is 12.4. The first-order valence-corrected chi connectivity index (χ1v) is 24.8. The van der Waals surface area contributed by atoms with Crippen LogP contribution in [0.25, 0.3) is 0 Å². The Bertz CT molecular complexity index is 870. The van der Waals surface area contributed by atoms with Crippen molar-refractivity contribution in [3.05, 3.63) is 36.5 Å². The third kappa shape index (κ3) is 42.2. The van der Waals surface area contributed by atoms with Gasteiger partial charge in [-0.05, 0) is 38.5 Å². The number of unbranched alkanes of at least 4 members (excludes halogenated alkanes) is 32. The molecule has 5 nitrogen and oxygen atoms in total. The summed E-state index contributed by atoms with van der Waals surface area (Å²) in [5.41, 5.74) is 0. The molecule has 0 saturated carbocycles. The summed E-state index contributed by atoms with van der Waals surface area (Å²) < 4.78 is 0. The number of hydrogen-bond acceptors (Lipinski definition) is 4. The fourth-order valence-electron chi connectivity index (χ4n) is 7.68. The molecule has 4 N–H and O–H groups in total. The fraction of sp³-hybridized carbons (Fsp3) is 0.863. The second kappa shape index (κ2) is 46.3. The van der Waals surface area contributed by atoms with E-state index in [-0.39, 0.29) is 18.9 Å². The molecule has 0 saturated heterocycles. The van der Waals surface area contributed by atoms with Gasteiger partial charge in [0.15, 0.2) is 0 Å². The minimum atomic E-state index is -0.956. The van der Waals surface area contributed by atoms with Gasteiger partial charge in [0.1, 0.15) is 0 Å². The van der Waals surface area contributed by atoms with Crippen molar-refractivity contribution in [2.24, 2.45) is 0 Å². The predicted octanol–water partition coefficient (Wildman–Crippen LogP) is 14.7. The Morgan fingerprint density at radius 3 is 1.12 bits per heavy atom. The number of rotatable bonds is 45. The number of carbonyl (C=O) groups is 1. The van der Waals surface area contributed by atoms with Crippen LogP contribution in [0.4, 0.5) is 0 Å². The van der Waals surface area contributed by atoms with Gasteiger partial charge in [0.2, 0.25) is 5.91 Å². The lowest BCUT2D eigenvalue weighted by Crippen LogP contribution is -2.45. The molecule has 0 spiro atoms. The predicted molar refractivity (Wildman–Crippen MR) is 245 cm³/mol. The van der Waals surface area contributed by atoms with Crippen LogP contribution in [-0.2, 0) is 4.79 Å². The van der Waals surface area contributed by atoms with Crippen LogP contribution in [0.15, 0.2) is 36.5 Å². The molecule has 0 aliphatic carbocycles. The van der Waals surface area contributed by atoms with Crippen molar-refractivity contribution in [3.63, 3.8) is 0 Å². The van der Waals surface area contributed by atoms with Gasteiger partial charge in [-0.3, -0.25) is 4.79 Å². The SMILES string of the molecule is CC/C=C/CC/C=C/CC/C=C/C(O)C(CO)NC(=O)CC(O)CCCCCCCCCCCCCCCCCCCCCCCCCCCCCCCCC. The van der Waals surface area contributed by atoms with Gasteiger partial charge in [-0.25, -0.2) is 0 Å². The molecule has 0 rings (SSSR count). The lowest BCUT2D eigenvalue weighted by Gasteiger charge is -2.21. The summed E-state index contributed by atoms with van der Waals surface area (Å²) in [4.78, 5) is 12.4. The third-order valence-corrected chi connectivity index (χ3v) is 11.4. The Kier molecular flexibility index (Phi) is 45.1. The van der Waals surface area contributed by atoms with E-state index < -0.39 is 18.2 Å². The van der Waals surface area contributed by atoms with Crippen molar-refractivity contribution in [2.75, 3.05) is 6.61 Å². The topological polar surface area (TPSA) is 89.8 Å². The van der Waals surface area contributed by atoms with Gasteiger partial charge in [-0.1, -0.05) is 249 Å². The summed E-state index contributed by atoms with van der Waals surface area (Å²) >= 11 is 0. The number of hydrogen-bond donors (Lipinski definition) is 4. The summed E-state index contributed by atoms with van der Waals surface area (Å²) in [5, 5.41) is 33.1. The van der Waals surface area contributed by atoms with Crippen molar-refractivity contribution in [1.82, 2.24) is 5.32 Å². The summed E-state index contributed by atoms with van der Waals surface area (Å²) in [6.07, 6.45) is 59.2. The summed E-state index contributed by atoms with van der Waals surface area (Å²) in [5.74, 6) is -0.329. The first-order chi connectivity index (χ1) is 27.5. The molecule has 3 unspecified atom stereocenters. The van der Waals surface area contributed by atoms with Gasteiger partial charge in [0, 0.05) is 0 Å². The van der Waals surface area contributed by atoms with E-state index in [4.69, 9.17) is 0 Å². The highest BCUT2D eigenvalue weighted by Crippen LogP contribution is 2.17. The molecule has 0 heterocycles. The van der Waals surface area contributed by atoms with Crippen LogP contribution in [0.1, 0.15) is 258 Å². The van der Waals surface area contributed by atoms with E-state index in [9.17, 15) is 20.1 Å². The summed E-state index contributed by atoms with van der Waals surface area (Å²) in [7, 11) is 0. The molecule has 5 heteroatoms. The molecule has 0 aromatic carbocycles. The zero-order chi connectivity index (χ0) is 40.8. The van der Waals surface area contributed by atoms with E-state index in [1.54, 1.807) is 6.08 Å². The van der Waals surface area contributed by atoms with Gasteiger partial charge >= 0.3 is 0 Å². The maximum Gasteiger partial charge on any atom is 0.222 e. The van der Waals surface area contributed by atoms with Gasteiger partial charge in [-0.2, -0.15) is 0 Å². The first kappa shape index (κ1) is 54.6. The number of amides is 1. The average molecular weight is 788 g/mol. The molecule has 0 radical (unpaired) electrons. The second-order valence-corrected chi connectivity index (χ2v) is 17.0. The minimum Gasteiger partial charge on any atom is -0.394 e. The lowest BCUT2D eigenvalue weighted by atomic mass is 10.0. The molecule has 0 aliphatic heterocycles. The van der Waals surface area contributed by atoms with Crippen molar-refractivity contribution in [1.29, 1.82) is 0 Å². The van der Waals surface area contributed by atoms with E-state index in [0.717, 1.165) is 44.9 Å². The highest BCUT2D eigenvalue weighted by atomic mass is 16.3. The van der Waals surface area contributed by atoms with Crippen LogP contribution < -0.4 is 5.32 Å². The molecular formula is C51H97NO4. The third-order valence-electron chi connectivity index (χ3n) is 11.4. The second-order valence-electron chi connectivity index (χ2n) is 17.0. The number of aliphatic hydroxyl groups is 3. The average Bonchev–Trinajstić information content (AvgIpc) is 3.19. The highest BCUT2D eigenvalue weighted by molar-refractivity contribution is 5.76. The molecule has 0 aliphatic rings.